The summed E-state index contributed by atoms with van der Waals surface area (Å²) < 4.78 is 0. The summed E-state index contributed by atoms with van der Waals surface area (Å²) in [5.74, 6) is 0. The molecule has 0 nitrogen and oxygen atoms in total. The Labute approximate surface area is 116 Å². The Morgan fingerprint density at radius 3 is 2.58 bits per heavy atom. The molecular formula is C18H20P+. The van der Waals surface area contributed by atoms with E-state index in [1.807, 2.05) is 0 Å². The maximum atomic E-state index is 2.37. The molecule has 1 unspecified atom stereocenters. The van der Waals surface area contributed by atoms with Crippen molar-refractivity contribution in [2.45, 2.75) is 26.4 Å². The van der Waals surface area contributed by atoms with Crippen LogP contribution in [-0.4, -0.2) is 11.5 Å². The first-order valence-corrected chi connectivity index (χ1v) is 8.67. The lowest BCUT2D eigenvalue weighted by atomic mass is 10.0. The Bertz CT molecular complexity index is 623. The summed E-state index contributed by atoms with van der Waals surface area (Å²) >= 11 is 0. The van der Waals surface area contributed by atoms with Crippen LogP contribution in [0.15, 0.2) is 48.5 Å². The minimum absolute atomic E-state index is 0.0112. The second kappa shape index (κ2) is 5.31. The average Bonchev–Trinajstić information content (AvgIpc) is 2.43. The van der Waals surface area contributed by atoms with Crippen LogP contribution in [0.3, 0.4) is 0 Å². The highest BCUT2D eigenvalue weighted by molar-refractivity contribution is 7.58. The summed E-state index contributed by atoms with van der Waals surface area (Å²) in [4.78, 5) is 0. The highest BCUT2D eigenvalue weighted by atomic mass is 31.1. The molecule has 1 aliphatic heterocycles. The zero-order chi connectivity index (χ0) is 13.2. The number of hydrogen-bond acceptors (Lipinski definition) is 0. The van der Waals surface area contributed by atoms with E-state index in [4.69, 9.17) is 0 Å². The van der Waals surface area contributed by atoms with Crippen LogP contribution in [-0.2, 0) is 12.6 Å². The van der Waals surface area contributed by atoms with Gasteiger partial charge in [-0.2, -0.15) is 0 Å². The summed E-state index contributed by atoms with van der Waals surface area (Å²) in [5.41, 5.74) is 5.97. The first-order valence-electron chi connectivity index (χ1n) is 6.96. The molecule has 2 aromatic rings. The van der Waals surface area contributed by atoms with Gasteiger partial charge in [0.05, 0.1) is 0 Å². The minimum Gasteiger partial charge on any atom is -0.0622 e. The normalized spacial score (nSPS) is 16.3. The molecule has 0 saturated heterocycles. The van der Waals surface area contributed by atoms with Gasteiger partial charge in [0, 0.05) is 18.9 Å². The minimum atomic E-state index is 0.0112. The topological polar surface area (TPSA) is 0 Å². The van der Waals surface area contributed by atoms with E-state index >= 15 is 0 Å². The molecule has 1 heteroatoms. The van der Waals surface area contributed by atoms with E-state index in [-0.39, 0.29) is 7.55 Å². The molecule has 1 aliphatic rings. The summed E-state index contributed by atoms with van der Waals surface area (Å²) in [5, 5.41) is 1.64. The second-order valence-corrected chi connectivity index (χ2v) is 7.92. The molecule has 0 spiro atoms. The van der Waals surface area contributed by atoms with Crippen LogP contribution in [0.2, 0.25) is 0 Å². The summed E-state index contributed by atoms with van der Waals surface area (Å²) in [7, 11) is 0.0112. The first kappa shape index (κ1) is 12.6. The summed E-state index contributed by atoms with van der Waals surface area (Å²) in [6.07, 6.45) is 3.86. The zero-order valence-corrected chi connectivity index (χ0v) is 12.6. The van der Waals surface area contributed by atoms with E-state index in [2.05, 4.69) is 62.4 Å². The van der Waals surface area contributed by atoms with E-state index in [9.17, 15) is 0 Å². The Kier molecular flexibility index (Phi) is 3.53. The third-order valence-electron chi connectivity index (χ3n) is 3.99. The maximum Gasteiger partial charge on any atom is 0.131 e. The Morgan fingerprint density at radius 1 is 1.00 bits per heavy atom. The lowest BCUT2D eigenvalue weighted by Gasteiger charge is -2.14. The fourth-order valence-corrected chi connectivity index (χ4v) is 5.33. The van der Waals surface area contributed by atoms with Crippen molar-refractivity contribution in [1.82, 2.24) is 0 Å². The van der Waals surface area contributed by atoms with Crippen molar-refractivity contribution in [2.75, 3.05) is 6.16 Å². The Hall–Kier alpha value is -1.39. The first-order chi connectivity index (χ1) is 9.24. The molecule has 2 aromatic carbocycles. The molecule has 0 bridgehead atoms. The van der Waals surface area contributed by atoms with Crippen LogP contribution in [0.25, 0.3) is 0 Å². The van der Waals surface area contributed by atoms with Crippen molar-refractivity contribution in [1.29, 1.82) is 0 Å². The highest BCUT2D eigenvalue weighted by Gasteiger charge is 2.24. The molecule has 0 amide bonds. The average molecular weight is 267 g/mol. The van der Waals surface area contributed by atoms with Gasteiger partial charge in [-0.3, -0.25) is 0 Å². The molecule has 0 fully saturated rings. The van der Waals surface area contributed by atoms with Gasteiger partial charge in [-0.1, -0.05) is 54.1 Å². The Morgan fingerprint density at radius 2 is 1.79 bits per heavy atom. The molecule has 0 aliphatic carbocycles. The quantitative estimate of drug-likeness (QED) is 0.687. The van der Waals surface area contributed by atoms with Crippen molar-refractivity contribution in [3.8, 4) is 0 Å². The predicted molar refractivity (Wildman–Crippen MR) is 86.6 cm³/mol. The smallest absolute Gasteiger partial charge is 0.0622 e. The molecule has 0 radical (unpaired) electrons. The van der Waals surface area contributed by atoms with E-state index in [1.54, 1.807) is 10.9 Å². The van der Waals surface area contributed by atoms with Gasteiger partial charge in [0.1, 0.15) is 25.2 Å². The maximum absolute atomic E-state index is 2.37. The molecule has 1 heterocycles. The molecule has 0 aromatic heterocycles. The van der Waals surface area contributed by atoms with Crippen molar-refractivity contribution in [2.24, 2.45) is 0 Å². The van der Waals surface area contributed by atoms with Crippen molar-refractivity contribution < 1.29 is 0 Å². The van der Waals surface area contributed by atoms with Gasteiger partial charge in [-0.15, -0.1) is 0 Å². The predicted octanol–water partition coefficient (Wildman–Crippen LogP) is 4.77. The second-order valence-electron chi connectivity index (χ2n) is 5.40. The number of hydrogen-bond donors (Lipinski definition) is 0. The number of aryl methyl sites for hydroxylation is 2. The molecule has 3 rings (SSSR count). The molecular weight excluding hydrogens is 247 g/mol. The van der Waals surface area contributed by atoms with Crippen LogP contribution in [0.5, 0.6) is 0 Å². The van der Waals surface area contributed by atoms with Gasteiger partial charge in [-0.25, -0.2) is 0 Å². The lowest BCUT2D eigenvalue weighted by molar-refractivity contribution is 1.12. The van der Waals surface area contributed by atoms with Gasteiger partial charge < -0.3 is 0 Å². The summed E-state index contributed by atoms with van der Waals surface area (Å²) in [6, 6.07) is 17.9. The molecule has 0 saturated carbocycles. The summed E-state index contributed by atoms with van der Waals surface area (Å²) in [6.45, 7) is 4.54. The Balaban J connectivity index is 1.95. The number of fused-ring (bicyclic) bond motifs is 1. The zero-order valence-electron chi connectivity index (χ0n) is 11.7. The van der Waals surface area contributed by atoms with Gasteiger partial charge in [-0.05, 0) is 18.1 Å². The molecule has 96 valence electrons. The van der Waals surface area contributed by atoms with Crippen molar-refractivity contribution in [3.05, 3.63) is 70.8 Å². The fraction of sp³-hybridized carbons (Fsp3) is 0.278. The van der Waals surface area contributed by atoms with Gasteiger partial charge >= 0.3 is 0 Å². The number of rotatable bonds is 2. The van der Waals surface area contributed by atoms with Crippen LogP contribution in [0.1, 0.15) is 29.2 Å². The lowest BCUT2D eigenvalue weighted by Crippen LogP contribution is -2.09. The molecule has 1 atom stereocenters. The third kappa shape index (κ3) is 2.65. The number of benzene rings is 2. The van der Waals surface area contributed by atoms with Crippen molar-refractivity contribution >= 4 is 12.8 Å². The van der Waals surface area contributed by atoms with Crippen LogP contribution >= 0.6 is 7.55 Å². The van der Waals surface area contributed by atoms with Crippen LogP contribution < -0.4 is 0 Å². The van der Waals surface area contributed by atoms with Crippen molar-refractivity contribution in [3.63, 3.8) is 0 Å². The van der Waals surface area contributed by atoms with Gasteiger partial charge in [0.15, 0.2) is 0 Å². The SMILES string of the molecule is CC1=[P+](Cc2ccccc2)CCc2cc(C)ccc21. The van der Waals surface area contributed by atoms with Crippen LogP contribution in [0.4, 0.5) is 0 Å². The monoisotopic (exact) mass is 267 g/mol. The van der Waals surface area contributed by atoms with E-state index in [0.29, 0.717) is 0 Å². The van der Waals surface area contributed by atoms with E-state index in [1.165, 1.54) is 35.4 Å². The molecule has 0 N–H and O–H groups in total. The van der Waals surface area contributed by atoms with Crippen LogP contribution in [0, 0.1) is 6.92 Å². The highest BCUT2D eigenvalue weighted by Crippen LogP contribution is 2.38. The largest absolute Gasteiger partial charge is 0.131 e. The third-order valence-corrected chi connectivity index (χ3v) is 6.69. The van der Waals surface area contributed by atoms with E-state index < -0.39 is 0 Å². The standard InChI is InChI=1S/C18H20P/c1-14-8-9-18-15(2)19(11-10-17(18)12-14)13-16-6-4-3-5-7-16/h3-9,12H,10-11,13H2,1-2H3/q+1. The van der Waals surface area contributed by atoms with E-state index in [0.717, 1.165) is 0 Å². The fourth-order valence-electron chi connectivity index (χ4n) is 2.88. The van der Waals surface area contributed by atoms with Gasteiger partial charge in [0.2, 0.25) is 0 Å². The molecule has 19 heavy (non-hydrogen) atoms. The van der Waals surface area contributed by atoms with Gasteiger partial charge in [0.25, 0.3) is 0 Å².